The van der Waals surface area contributed by atoms with E-state index in [-0.39, 0.29) is 0 Å². The molecule has 0 aliphatic heterocycles. The smallest absolute Gasteiger partial charge is 0.207 e. The monoisotopic (exact) mass is 215 g/mol. The Morgan fingerprint density at radius 1 is 1.31 bits per heavy atom. The van der Waals surface area contributed by atoms with E-state index in [9.17, 15) is 0 Å². The first kappa shape index (κ1) is 10.7. The first-order valence-electron chi connectivity index (χ1n) is 5.56. The molecule has 0 spiro atoms. The molecule has 0 amide bonds. The molecule has 0 unspecified atom stereocenters. The minimum atomic E-state index is 0.899. The highest BCUT2D eigenvalue weighted by atomic mass is 15.2. The fourth-order valence-corrected chi connectivity index (χ4v) is 1.70. The summed E-state index contributed by atoms with van der Waals surface area (Å²) >= 11 is 0. The SMILES string of the molecule is CCn1ccnc1Nc1cccc(C)c1C. The first-order valence-corrected chi connectivity index (χ1v) is 5.56. The fraction of sp³-hybridized carbons (Fsp3) is 0.308. The molecular formula is C13H17N3. The van der Waals surface area contributed by atoms with Crippen molar-refractivity contribution in [1.29, 1.82) is 0 Å². The van der Waals surface area contributed by atoms with Crippen LogP contribution in [0.5, 0.6) is 0 Å². The van der Waals surface area contributed by atoms with Crippen molar-refractivity contribution in [1.82, 2.24) is 9.55 Å². The molecule has 16 heavy (non-hydrogen) atoms. The van der Waals surface area contributed by atoms with Crippen LogP contribution in [0.1, 0.15) is 18.1 Å². The number of aryl methyl sites for hydroxylation is 2. The molecular weight excluding hydrogens is 198 g/mol. The second kappa shape index (κ2) is 4.39. The van der Waals surface area contributed by atoms with E-state index in [4.69, 9.17) is 0 Å². The summed E-state index contributed by atoms with van der Waals surface area (Å²) in [6, 6.07) is 6.26. The number of aromatic nitrogens is 2. The summed E-state index contributed by atoms with van der Waals surface area (Å²) in [7, 11) is 0. The average molecular weight is 215 g/mol. The molecule has 0 fully saturated rings. The third-order valence-electron chi connectivity index (χ3n) is 2.91. The molecule has 1 N–H and O–H groups in total. The van der Waals surface area contributed by atoms with Crippen LogP contribution in [0.3, 0.4) is 0 Å². The zero-order chi connectivity index (χ0) is 11.5. The van der Waals surface area contributed by atoms with E-state index in [1.165, 1.54) is 11.1 Å². The number of imidazole rings is 1. The topological polar surface area (TPSA) is 29.9 Å². The molecule has 1 aromatic heterocycles. The molecule has 84 valence electrons. The molecule has 3 heteroatoms. The number of hydrogen-bond acceptors (Lipinski definition) is 2. The lowest BCUT2D eigenvalue weighted by molar-refractivity contribution is 0.771. The van der Waals surface area contributed by atoms with Gasteiger partial charge in [-0.2, -0.15) is 0 Å². The summed E-state index contributed by atoms with van der Waals surface area (Å²) < 4.78 is 2.09. The van der Waals surface area contributed by atoms with Crippen LogP contribution in [0.15, 0.2) is 30.6 Å². The predicted octanol–water partition coefficient (Wildman–Crippen LogP) is 3.26. The number of nitrogens with zero attached hydrogens (tertiary/aromatic N) is 2. The molecule has 3 nitrogen and oxygen atoms in total. The van der Waals surface area contributed by atoms with Gasteiger partial charge >= 0.3 is 0 Å². The van der Waals surface area contributed by atoms with E-state index in [1.807, 2.05) is 12.4 Å². The van der Waals surface area contributed by atoms with E-state index in [2.05, 4.69) is 53.8 Å². The molecule has 0 radical (unpaired) electrons. The van der Waals surface area contributed by atoms with Crippen molar-refractivity contribution in [3.8, 4) is 0 Å². The summed E-state index contributed by atoms with van der Waals surface area (Å²) in [5.41, 5.74) is 3.69. The van der Waals surface area contributed by atoms with Crippen molar-refractivity contribution in [3.05, 3.63) is 41.7 Å². The second-order valence-electron chi connectivity index (χ2n) is 3.91. The first-order chi connectivity index (χ1) is 7.72. The minimum Gasteiger partial charge on any atom is -0.325 e. The molecule has 0 aliphatic carbocycles. The van der Waals surface area contributed by atoms with Crippen molar-refractivity contribution < 1.29 is 0 Å². The Hall–Kier alpha value is -1.77. The number of anilines is 2. The van der Waals surface area contributed by atoms with Crippen molar-refractivity contribution in [2.24, 2.45) is 0 Å². The van der Waals surface area contributed by atoms with Crippen LogP contribution in [0.2, 0.25) is 0 Å². The maximum atomic E-state index is 4.30. The Morgan fingerprint density at radius 3 is 2.88 bits per heavy atom. The van der Waals surface area contributed by atoms with Crippen LogP contribution in [0.25, 0.3) is 0 Å². The van der Waals surface area contributed by atoms with Crippen LogP contribution < -0.4 is 5.32 Å². The summed E-state index contributed by atoms with van der Waals surface area (Å²) in [6.07, 6.45) is 3.80. The summed E-state index contributed by atoms with van der Waals surface area (Å²) in [5.74, 6) is 0.899. The fourth-order valence-electron chi connectivity index (χ4n) is 1.70. The lowest BCUT2D eigenvalue weighted by Crippen LogP contribution is -2.02. The zero-order valence-electron chi connectivity index (χ0n) is 9.99. The normalized spacial score (nSPS) is 10.4. The Labute approximate surface area is 96.1 Å². The Morgan fingerprint density at radius 2 is 2.12 bits per heavy atom. The lowest BCUT2D eigenvalue weighted by Gasteiger charge is -2.11. The summed E-state index contributed by atoms with van der Waals surface area (Å²) in [4.78, 5) is 4.30. The second-order valence-corrected chi connectivity index (χ2v) is 3.91. The van der Waals surface area contributed by atoms with E-state index >= 15 is 0 Å². The van der Waals surface area contributed by atoms with Gasteiger partial charge in [-0.05, 0) is 38.0 Å². The largest absolute Gasteiger partial charge is 0.325 e. The van der Waals surface area contributed by atoms with Crippen LogP contribution in [0, 0.1) is 13.8 Å². The van der Waals surface area contributed by atoms with Gasteiger partial charge in [-0.3, -0.25) is 0 Å². The van der Waals surface area contributed by atoms with Crippen LogP contribution in [-0.2, 0) is 6.54 Å². The zero-order valence-corrected chi connectivity index (χ0v) is 9.99. The van der Waals surface area contributed by atoms with Crippen LogP contribution >= 0.6 is 0 Å². The lowest BCUT2D eigenvalue weighted by atomic mass is 10.1. The minimum absolute atomic E-state index is 0.899. The predicted molar refractivity (Wildman–Crippen MR) is 67.1 cm³/mol. The Balaban J connectivity index is 2.30. The summed E-state index contributed by atoms with van der Waals surface area (Å²) in [5, 5.41) is 3.36. The van der Waals surface area contributed by atoms with Gasteiger partial charge in [0.15, 0.2) is 0 Å². The van der Waals surface area contributed by atoms with Gasteiger partial charge in [-0.15, -0.1) is 0 Å². The van der Waals surface area contributed by atoms with Crippen molar-refractivity contribution >= 4 is 11.6 Å². The molecule has 1 aromatic carbocycles. The van der Waals surface area contributed by atoms with Gasteiger partial charge in [0, 0.05) is 24.6 Å². The van der Waals surface area contributed by atoms with Gasteiger partial charge in [0.1, 0.15) is 0 Å². The number of nitrogens with one attached hydrogen (secondary N) is 1. The maximum absolute atomic E-state index is 4.30. The molecule has 0 atom stereocenters. The third kappa shape index (κ3) is 1.94. The standard InChI is InChI=1S/C13H17N3/c1-4-16-9-8-14-13(16)15-12-7-5-6-10(2)11(12)3/h5-9H,4H2,1-3H3,(H,14,15). The Bertz CT molecular complexity index is 486. The highest BCUT2D eigenvalue weighted by molar-refractivity contribution is 5.60. The maximum Gasteiger partial charge on any atom is 0.207 e. The molecule has 2 rings (SSSR count). The Kier molecular flexibility index (Phi) is 2.95. The van der Waals surface area contributed by atoms with Crippen LogP contribution in [0.4, 0.5) is 11.6 Å². The van der Waals surface area contributed by atoms with Gasteiger partial charge in [-0.1, -0.05) is 12.1 Å². The summed E-state index contributed by atoms with van der Waals surface area (Å²) in [6.45, 7) is 7.27. The van der Waals surface area contributed by atoms with Crippen LogP contribution in [-0.4, -0.2) is 9.55 Å². The highest BCUT2D eigenvalue weighted by Gasteiger charge is 2.04. The third-order valence-corrected chi connectivity index (χ3v) is 2.91. The number of rotatable bonds is 3. The van der Waals surface area contributed by atoms with Gasteiger partial charge in [-0.25, -0.2) is 4.98 Å². The highest BCUT2D eigenvalue weighted by Crippen LogP contribution is 2.21. The number of benzene rings is 1. The molecule has 1 heterocycles. The quantitative estimate of drug-likeness (QED) is 0.851. The van der Waals surface area contributed by atoms with E-state index in [0.29, 0.717) is 0 Å². The van der Waals surface area contributed by atoms with Gasteiger partial charge < -0.3 is 9.88 Å². The molecule has 0 aliphatic rings. The number of hydrogen-bond donors (Lipinski definition) is 1. The van der Waals surface area contributed by atoms with Crippen molar-refractivity contribution in [2.45, 2.75) is 27.3 Å². The van der Waals surface area contributed by atoms with Gasteiger partial charge in [0.05, 0.1) is 0 Å². The van der Waals surface area contributed by atoms with E-state index in [1.54, 1.807) is 0 Å². The van der Waals surface area contributed by atoms with Gasteiger partial charge in [0.2, 0.25) is 5.95 Å². The molecule has 0 saturated heterocycles. The molecule has 0 bridgehead atoms. The van der Waals surface area contributed by atoms with Crippen molar-refractivity contribution in [3.63, 3.8) is 0 Å². The van der Waals surface area contributed by atoms with E-state index < -0.39 is 0 Å². The molecule has 2 aromatic rings. The van der Waals surface area contributed by atoms with E-state index in [0.717, 1.165) is 18.2 Å². The average Bonchev–Trinajstić information content (AvgIpc) is 2.72. The molecule has 0 saturated carbocycles. The van der Waals surface area contributed by atoms with Gasteiger partial charge in [0.25, 0.3) is 0 Å². The van der Waals surface area contributed by atoms with Crippen molar-refractivity contribution in [2.75, 3.05) is 5.32 Å².